The molecule has 13 N–H and O–H groups in total. The van der Waals surface area contributed by atoms with Crippen LogP contribution in [-0.4, -0.2) is 34.5 Å². The summed E-state index contributed by atoms with van der Waals surface area (Å²) < 4.78 is 0. The van der Waals surface area contributed by atoms with Gasteiger partial charge in [-0.25, -0.2) is 0 Å². The van der Waals surface area contributed by atoms with Gasteiger partial charge in [-0.15, -0.1) is 0 Å². The number of hydrogen-bond acceptors (Lipinski definition) is 7. The van der Waals surface area contributed by atoms with Crippen molar-refractivity contribution in [1.29, 1.82) is 0 Å². The summed E-state index contributed by atoms with van der Waals surface area (Å²) >= 11 is 0. The molecule has 2 rings (SSSR count). The third kappa shape index (κ3) is 12.8. The summed E-state index contributed by atoms with van der Waals surface area (Å²) in [5, 5.41) is 25.4. The standard InChI is InChI=1S/C12H23N.BH3O3.3H3N/c1-3-7-11(8-4-1)13-12-9-5-2-6-10-12;2-1(3)4;;;/h11-13H,1-10H2;2-4H;3*1H3. The molecule has 7 nitrogen and oxygen atoms in total. The summed E-state index contributed by atoms with van der Waals surface area (Å²) in [6, 6.07) is 1.74. The Labute approximate surface area is 123 Å². The highest BCUT2D eigenvalue weighted by Crippen LogP contribution is 2.22. The van der Waals surface area contributed by atoms with E-state index >= 15 is 0 Å². The lowest BCUT2D eigenvalue weighted by Gasteiger charge is -2.30. The molecule has 0 aromatic heterocycles. The van der Waals surface area contributed by atoms with E-state index in [1.54, 1.807) is 0 Å². The molecule has 0 unspecified atom stereocenters. The van der Waals surface area contributed by atoms with E-state index in [0.29, 0.717) is 0 Å². The molecular weight excluding hydrogens is 259 g/mol. The third-order valence-corrected chi connectivity index (χ3v) is 3.68. The normalized spacial score (nSPS) is 19.4. The fourth-order valence-corrected chi connectivity index (χ4v) is 2.87. The summed E-state index contributed by atoms with van der Waals surface area (Å²) in [5.41, 5.74) is 0. The van der Waals surface area contributed by atoms with Gasteiger partial charge in [0.15, 0.2) is 0 Å². The van der Waals surface area contributed by atoms with Crippen LogP contribution in [0, 0.1) is 0 Å². The van der Waals surface area contributed by atoms with Crippen LogP contribution >= 0.6 is 0 Å². The maximum absolute atomic E-state index is 7.17. The molecule has 2 aliphatic carbocycles. The average Bonchev–Trinajstić information content (AvgIpc) is 2.31. The second-order valence-corrected chi connectivity index (χ2v) is 5.18. The highest BCUT2D eigenvalue weighted by Gasteiger charge is 2.19. The van der Waals surface area contributed by atoms with Crippen LogP contribution < -0.4 is 23.8 Å². The van der Waals surface area contributed by atoms with E-state index in [2.05, 4.69) is 5.32 Å². The van der Waals surface area contributed by atoms with Gasteiger partial charge in [-0.3, -0.25) is 0 Å². The maximum atomic E-state index is 7.17. The second kappa shape index (κ2) is 15.2. The van der Waals surface area contributed by atoms with E-state index in [0.717, 1.165) is 12.1 Å². The summed E-state index contributed by atoms with van der Waals surface area (Å²) in [4.78, 5) is 0. The van der Waals surface area contributed by atoms with Crippen molar-refractivity contribution in [2.75, 3.05) is 0 Å². The Bertz CT molecular complexity index is 171. The van der Waals surface area contributed by atoms with Crippen molar-refractivity contribution in [1.82, 2.24) is 23.8 Å². The van der Waals surface area contributed by atoms with Crippen molar-refractivity contribution in [3.05, 3.63) is 0 Å². The Morgan fingerprint density at radius 3 is 1.10 bits per heavy atom. The number of nitrogens with one attached hydrogen (secondary N) is 1. The molecule has 0 heterocycles. The van der Waals surface area contributed by atoms with Crippen LogP contribution in [0.1, 0.15) is 64.2 Å². The Balaban J connectivity index is -0.000000372. The van der Waals surface area contributed by atoms with Crippen LogP contribution in [0.2, 0.25) is 0 Å². The van der Waals surface area contributed by atoms with Crippen LogP contribution in [0.5, 0.6) is 0 Å². The average molecular weight is 294 g/mol. The molecule has 0 radical (unpaired) electrons. The van der Waals surface area contributed by atoms with Crippen LogP contribution in [0.3, 0.4) is 0 Å². The van der Waals surface area contributed by atoms with Crippen LogP contribution in [-0.2, 0) is 0 Å². The van der Waals surface area contributed by atoms with Crippen LogP contribution in [0.25, 0.3) is 0 Å². The molecule has 0 aromatic rings. The molecule has 8 heteroatoms. The maximum Gasteiger partial charge on any atom is 0.631 e. The van der Waals surface area contributed by atoms with Crippen molar-refractivity contribution in [2.24, 2.45) is 0 Å². The molecule has 0 aliphatic heterocycles. The molecule has 124 valence electrons. The zero-order chi connectivity index (χ0) is 12.5. The lowest BCUT2D eigenvalue weighted by atomic mass is 9.91. The minimum Gasteiger partial charge on any atom is -0.402 e. The van der Waals surface area contributed by atoms with E-state index in [1.807, 2.05) is 0 Å². The van der Waals surface area contributed by atoms with Gasteiger partial charge in [0.2, 0.25) is 0 Å². The van der Waals surface area contributed by atoms with Crippen LogP contribution in [0.4, 0.5) is 0 Å². The van der Waals surface area contributed by atoms with E-state index in [4.69, 9.17) is 15.1 Å². The molecule has 2 saturated carbocycles. The predicted octanol–water partition coefficient (Wildman–Crippen LogP) is 1.68. The van der Waals surface area contributed by atoms with Gasteiger partial charge in [0, 0.05) is 12.1 Å². The van der Waals surface area contributed by atoms with Crippen molar-refractivity contribution < 1.29 is 15.1 Å². The predicted molar refractivity (Wildman–Crippen MR) is 84.4 cm³/mol. The number of hydrogen-bond donors (Lipinski definition) is 7. The SMILES string of the molecule is C1CCC(NC2CCCCC2)CC1.N.N.N.OB(O)O. The largest absolute Gasteiger partial charge is 0.631 e. The topological polar surface area (TPSA) is 178 Å². The summed E-state index contributed by atoms with van der Waals surface area (Å²) in [7, 11) is -2.17. The molecule has 0 bridgehead atoms. The number of rotatable bonds is 2. The Morgan fingerprint density at radius 1 is 0.600 bits per heavy atom. The highest BCUT2D eigenvalue weighted by atomic mass is 16.5. The zero-order valence-corrected chi connectivity index (χ0v) is 12.8. The Morgan fingerprint density at radius 2 is 0.850 bits per heavy atom. The first-order valence-electron chi connectivity index (χ1n) is 6.98. The second-order valence-electron chi connectivity index (χ2n) is 5.18. The molecule has 0 atom stereocenters. The first-order valence-corrected chi connectivity index (χ1v) is 6.98. The van der Waals surface area contributed by atoms with Crippen molar-refractivity contribution in [3.8, 4) is 0 Å². The molecule has 0 aromatic carbocycles. The van der Waals surface area contributed by atoms with E-state index in [-0.39, 0.29) is 18.5 Å². The van der Waals surface area contributed by atoms with E-state index in [1.165, 1.54) is 64.2 Å². The fourth-order valence-electron chi connectivity index (χ4n) is 2.87. The van der Waals surface area contributed by atoms with Crippen molar-refractivity contribution >= 4 is 7.32 Å². The highest BCUT2D eigenvalue weighted by molar-refractivity contribution is 6.30. The molecule has 0 spiro atoms. The van der Waals surface area contributed by atoms with Gasteiger partial charge in [0.1, 0.15) is 0 Å². The Hall–Kier alpha value is -0.215. The molecule has 0 saturated heterocycles. The summed E-state index contributed by atoms with van der Waals surface area (Å²) in [6.07, 6.45) is 14.6. The molecule has 2 aliphatic rings. The van der Waals surface area contributed by atoms with Gasteiger partial charge in [-0.1, -0.05) is 38.5 Å². The summed E-state index contributed by atoms with van der Waals surface area (Å²) in [5.74, 6) is 0. The van der Waals surface area contributed by atoms with Gasteiger partial charge in [0.25, 0.3) is 0 Å². The third-order valence-electron chi connectivity index (χ3n) is 3.68. The smallest absolute Gasteiger partial charge is 0.402 e. The zero-order valence-electron chi connectivity index (χ0n) is 12.8. The van der Waals surface area contributed by atoms with Gasteiger partial charge < -0.3 is 38.8 Å². The quantitative estimate of drug-likeness (QED) is 0.378. The van der Waals surface area contributed by atoms with Gasteiger partial charge in [0.05, 0.1) is 0 Å². The van der Waals surface area contributed by atoms with Crippen molar-refractivity contribution in [2.45, 2.75) is 76.3 Å². The molecule has 20 heavy (non-hydrogen) atoms. The van der Waals surface area contributed by atoms with E-state index < -0.39 is 7.32 Å². The molecule has 0 amide bonds. The lowest BCUT2D eigenvalue weighted by Crippen LogP contribution is -2.40. The van der Waals surface area contributed by atoms with Gasteiger partial charge in [-0.2, -0.15) is 0 Å². The van der Waals surface area contributed by atoms with E-state index in [9.17, 15) is 0 Å². The summed E-state index contributed by atoms with van der Waals surface area (Å²) in [6.45, 7) is 0. The minimum atomic E-state index is -2.17. The Kier molecular flexibility index (Phi) is 18.8. The van der Waals surface area contributed by atoms with Crippen LogP contribution in [0.15, 0.2) is 0 Å². The first-order chi connectivity index (χ1) is 8.18. The minimum absolute atomic E-state index is 0. The van der Waals surface area contributed by atoms with Gasteiger partial charge in [-0.05, 0) is 25.7 Å². The molecule has 2 fully saturated rings. The van der Waals surface area contributed by atoms with Crippen molar-refractivity contribution in [3.63, 3.8) is 0 Å². The lowest BCUT2D eigenvalue weighted by molar-refractivity contribution is 0.278. The first kappa shape index (κ1) is 24.8. The van der Waals surface area contributed by atoms with Gasteiger partial charge >= 0.3 is 7.32 Å². The molecular formula is C12H35BN4O3. The monoisotopic (exact) mass is 294 g/mol. The fraction of sp³-hybridized carbons (Fsp3) is 1.00.